The molecular formula is C28H29N7O4. The van der Waals surface area contributed by atoms with Crippen LogP contribution in [0.1, 0.15) is 32.7 Å². The van der Waals surface area contributed by atoms with E-state index in [1.54, 1.807) is 47.8 Å². The van der Waals surface area contributed by atoms with E-state index in [2.05, 4.69) is 25.2 Å². The molecule has 39 heavy (non-hydrogen) atoms. The zero-order valence-electron chi connectivity index (χ0n) is 21.3. The lowest BCUT2D eigenvalue weighted by Gasteiger charge is -2.43. The Kier molecular flexibility index (Phi) is 6.89. The topological polar surface area (TPSA) is 121 Å². The molecule has 3 aliphatic rings. The summed E-state index contributed by atoms with van der Waals surface area (Å²) in [7, 11) is 0. The third-order valence-corrected chi connectivity index (χ3v) is 7.53. The molecule has 3 aromatic rings. The third-order valence-electron chi connectivity index (χ3n) is 7.53. The number of hydrogen-bond acceptors (Lipinski definition) is 8. The molecule has 1 aromatic carbocycles. The minimum absolute atomic E-state index is 0.0363. The first kappa shape index (κ1) is 24.9. The largest absolute Gasteiger partial charge is 0.475 e. The van der Waals surface area contributed by atoms with E-state index in [-0.39, 0.29) is 36.3 Å². The van der Waals surface area contributed by atoms with E-state index in [9.17, 15) is 14.4 Å². The molecule has 0 saturated carbocycles. The van der Waals surface area contributed by atoms with E-state index in [0.717, 1.165) is 5.56 Å². The number of benzene rings is 1. The second kappa shape index (κ2) is 10.8. The van der Waals surface area contributed by atoms with Crippen LogP contribution in [-0.2, 0) is 11.3 Å². The van der Waals surface area contributed by atoms with Crippen molar-refractivity contribution in [3.8, 4) is 5.88 Å². The number of hydrogen-bond donors (Lipinski definition) is 1. The van der Waals surface area contributed by atoms with Crippen LogP contribution in [0.4, 0.5) is 0 Å². The van der Waals surface area contributed by atoms with Crippen LogP contribution in [0.2, 0.25) is 0 Å². The fourth-order valence-electron chi connectivity index (χ4n) is 5.63. The molecule has 2 bridgehead atoms. The van der Waals surface area contributed by atoms with Gasteiger partial charge in [-0.15, -0.1) is 0 Å². The molecule has 1 N–H and O–H groups in total. The van der Waals surface area contributed by atoms with Crippen molar-refractivity contribution in [2.24, 2.45) is 0 Å². The predicted octanol–water partition coefficient (Wildman–Crippen LogP) is 0.990. The number of fused-ring (bicyclic) bond motifs is 4. The molecule has 200 valence electrons. The highest BCUT2D eigenvalue weighted by atomic mass is 16.5. The van der Waals surface area contributed by atoms with Gasteiger partial charge >= 0.3 is 0 Å². The van der Waals surface area contributed by atoms with Crippen molar-refractivity contribution in [1.82, 2.24) is 35.0 Å². The number of ether oxygens (including phenoxy) is 1. The molecule has 11 nitrogen and oxygen atoms in total. The Bertz CT molecular complexity index is 1360. The fraction of sp³-hybridized carbons (Fsp3) is 0.357. The molecule has 2 fully saturated rings. The number of piperazine rings is 1. The highest BCUT2D eigenvalue weighted by molar-refractivity contribution is 5.97. The minimum atomic E-state index is -0.442. The molecule has 0 aliphatic carbocycles. The summed E-state index contributed by atoms with van der Waals surface area (Å²) in [6, 6.07) is 11.4. The predicted molar refractivity (Wildman–Crippen MR) is 140 cm³/mol. The molecule has 3 aliphatic heterocycles. The maximum atomic E-state index is 14.1. The number of amides is 3. The Morgan fingerprint density at radius 2 is 1.85 bits per heavy atom. The van der Waals surface area contributed by atoms with Gasteiger partial charge in [-0.3, -0.25) is 19.3 Å². The van der Waals surface area contributed by atoms with Gasteiger partial charge in [-0.05, 0) is 30.7 Å². The van der Waals surface area contributed by atoms with Crippen LogP contribution in [0.5, 0.6) is 5.88 Å². The first-order valence-electron chi connectivity index (χ1n) is 13.1. The molecule has 0 unspecified atom stereocenters. The summed E-state index contributed by atoms with van der Waals surface area (Å²) in [6.07, 6.45) is 7.00. The SMILES string of the molecule is O=C1N[C@H]2C[C@@H](C(=O)N3CCN(C(=O)c4ccccc4)C[C@H]3COc3ncccc31)N(Cc1cncnc1)C2. The first-order valence-corrected chi connectivity index (χ1v) is 13.1. The molecule has 6 rings (SSSR count). The van der Waals surface area contributed by atoms with Gasteiger partial charge < -0.3 is 19.9 Å². The highest BCUT2D eigenvalue weighted by Gasteiger charge is 2.43. The van der Waals surface area contributed by atoms with Crippen molar-refractivity contribution < 1.29 is 19.1 Å². The molecule has 0 radical (unpaired) electrons. The van der Waals surface area contributed by atoms with Gasteiger partial charge in [-0.1, -0.05) is 18.2 Å². The number of rotatable bonds is 3. The quantitative estimate of drug-likeness (QED) is 0.536. The minimum Gasteiger partial charge on any atom is -0.475 e. The normalized spacial score (nSPS) is 23.5. The van der Waals surface area contributed by atoms with Crippen molar-refractivity contribution in [2.45, 2.75) is 31.1 Å². The second-order valence-corrected chi connectivity index (χ2v) is 10.1. The van der Waals surface area contributed by atoms with Gasteiger partial charge in [0.1, 0.15) is 18.5 Å². The van der Waals surface area contributed by atoms with Crippen LogP contribution in [0.3, 0.4) is 0 Å². The lowest BCUT2D eigenvalue weighted by atomic mass is 10.1. The summed E-state index contributed by atoms with van der Waals surface area (Å²) >= 11 is 0. The zero-order chi connectivity index (χ0) is 26.8. The first-order chi connectivity index (χ1) is 19.1. The molecule has 2 saturated heterocycles. The smallest absolute Gasteiger partial charge is 0.257 e. The Hall–Kier alpha value is -4.38. The van der Waals surface area contributed by atoms with Crippen molar-refractivity contribution in [3.63, 3.8) is 0 Å². The molecule has 11 heteroatoms. The Morgan fingerprint density at radius 3 is 2.67 bits per heavy atom. The van der Waals surface area contributed by atoms with Crippen LogP contribution in [0.15, 0.2) is 67.4 Å². The van der Waals surface area contributed by atoms with E-state index in [1.165, 1.54) is 6.33 Å². The Morgan fingerprint density at radius 1 is 1.03 bits per heavy atom. The number of nitrogens with zero attached hydrogens (tertiary/aromatic N) is 6. The average Bonchev–Trinajstić information content (AvgIpc) is 3.37. The number of aromatic nitrogens is 3. The van der Waals surface area contributed by atoms with Crippen LogP contribution in [-0.4, -0.2) is 98.3 Å². The summed E-state index contributed by atoms with van der Waals surface area (Å²) < 4.78 is 6.06. The summed E-state index contributed by atoms with van der Waals surface area (Å²) in [6.45, 7) is 2.21. The summed E-state index contributed by atoms with van der Waals surface area (Å²) in [5.41, 5.74) is 1.83. The molecule has 5 heterocycles. The number of nitrogens with one attached hydrogen (secondary N) is 1. The van der Waals surface area contributed by atoms with Crippen LogP contribution >= 0.6 is 0 Å². The molecule has 3 atom stereocenters. The lowest BCUT2D eigenvalue weighted by Crippen LogP contribution is -2.61. The molecule has 0 spiro atoms. The summed E-state index contributed by atoms with van der Waals surface area (Å²) in [5, 5.41) is 3.08. The Labute approximate surface area is 225 Å². The third kappa shape index (κ3) is 5.17. The molecule has 3 amide bonds. The number of carbonyl (C=O) groups is 3. The van der Waals surface area contributed by atoms with E-state index in [0.29, 0.717) is 50.3 Å². The molecule has 2 aromatic heterocycles. The van der Waals surface area contributed by atoms with Gasteiger partial charge in [0.25, 0.3) is 11.8 Å². The number of carbonyl (C=O) groups excluding carboxylic acids is 3. The number of pyridine rings is 1. The number of likely N-dealkylation sites (tertiary alicyclic amines) is 1. The van der Waals surface area contributed by atoms with Gasteiger partial charge in [-0.2, -0.15) is 0 Å². The van der Waals surface area contributed by atoms with Gasteiger partial charge in [0.2, 0.25) is 11.8 Å². The van der Waals surface area contributed by atoms with Crippen molar-refractivity contribution in [1.29, 1.82) is 0 Å². The highest BCUT2D eigenvalue weighted by Crippen LogP contribution is 2.27. The van der Waals surface area contributed by atoms with Gasteiger partial charge in [-0.25, -0.2) is 15.0 Å². The lowest BCUT2D eigenvalue weighted by molar-refractivity contribution is -0.141. The molecular weight excluding hydrogens is 498 g/mol. The Balaban J connectivity index is 1.31. The zero-order valence-corrected chi connectivity index (χ0v) is 21.3. The maximum absolute atomic E-state index is 14.1. The second-order valence-electron chi connectivity index (χ2n) is 10.1. The fourth-order valence-corrected chi connectivity index (χ4v) is 5.63. The van der Waals surface area contributed by atoms with Crippen LogP contribution in [0.25, 0.3) is 0 Å². The van der Waals surface area contributed by atoms with Gasteiger partial charge in [0.05, 0.1) is 12.1 Å². The average molecular weight is 528 g/mol. The summed E-state index contributed by atoms with van der Waals surface area (Å²) in [4.78, 5) is 58.8. The summed E-state index contributed by atoms with van der Waals surface area (Å²) in [5.74, 6) is -0.201. The van der Waals surface area contributed by atoms with E-state index >= 15 is 0 Å². The van der Waals surface area contributed by atoms with Gasteiger partial charge in [0.15, 0.2) is 0 Å². The van der Waals surface area contributed by atoms with E-state index in [4.69, 9.17) is 4.74 Å². The van der Waals surface area contributed by atoms with Crippen LogP contribution < -0.4 is 10.1 Å². The van der Waals surface area contributed by atoms with Crippen molar-refractivity contribution in [3.05, 3.63) is 84.1 Å². The van der Waals surface area contributed by atoms with Gasteiger partial charge in [0, 0.05) is 68.5 Å². The van der Waals surface area contributed by atoms with E-state index in [1.807, 2.05) is 23.1 Å². The van der Waals surface area contributed by atoms with Crippen molar-refractivity contribution >= 4 is 17.7 Å². The van der Waals surface area contributed by atoms with E-state index < -0.39 is 12.1 Å². The van der Waals surface area contributed by atoms with Crippen LogP contribution in [0, 0.1) is 0 Å². The monoisotopic (exact) mass is 527 g/mol. The maximum Gasteiger partial charge on any atom is 0.257 e. The standard InChI is InChI=1S/C28H29N7O4/c36-25-23-7-4-8-31-26(23)39-17-22-16-33(27(37)20-5-2-1-3-6-20)9-10-35(22)28(38)24-11-21(32-25)15-34(24)14-19-12-29-18-30-13-19/h1-8,12-13,18,21-22,24H,9-11,14-17H2,(H,32,36)/t21-,22-,24-/m0/s1. The van der Waals surface area contributed by atoms with Crippen molar-refractivity contribution in [2.75, 3.05) is 32.8 Å².